The molecule has 2 N–H and O–H groups in total. The van der Waals surface area contributed by atoms with Gasteiger partial charge in [-0.3, -0.25) is 0 Å². The number of hydrogen-bond acceptors (Lipinski definition) is 3. The highest BCUT2D eigenvalue weighted by atomic mass is 15.2. The van der Waals surface area contributed by atoms with E-state index < -0.39 is 0 Å². The minimum atomic E-state index is 0.795. The minimum absolute atomic E-state index is 0.795. The molecule has 17 heavy (non-hydrogen) atoms. The summed E-state index contributed by atoms with van der Waals surface area (Å²) in [5.74, 6) is 1.66. The van der Waals surface area contributed by atoms with Crippen molar-refractivity contribution in [3.63, 3.8) is 0 Å². The number of likely N-dealkylation sites (tertiary alicyclic amines) is 1. The van der Waals surface area contributed by atoms with E-state index in [-0.39, 0.29) is 0 Å². The van der Waals surface area contributed by atoms with Gasteiger partial charge in [-0.1, -0.05) is 6.42 Å². The lowest BCUT2D eigenvalue weighted by molar-refractivity contribution is 0.121. The van der Waals surface area contributed by atoms with Crippen LogP contribution in [0.4, 0.5) is 0 Å². The standard InChI is InChI=1S/C14H29N3/c1-16-8-6-14(7-9-16)17(2)11-13-5-3-4-12(13)10-15/h12-14H,3-11,15H2,1-2H3. The van der Waals surface area contributed by atoms with Gasteiger partial charge in [-0.25, -0.2) is 0 Å². The van der Waals surface area contributed by atoms with Crippen LogP contribution in [0.5, 0.6) is 0 Å². The molecule has 1 aliphatic heterocycles. The maximum Gasteiger partial charge on any atom is 0.0117 e. The Bertz CT molecular complexity index is 224. The van der Waals surface area contributed by atoms with Crippen molar-refractivity contribution >= 4 is 0 Å². The molecule has 0 radical (unpaired) electrons. The van der Waals surface area contributed by atoms with Crippen LogP contribution in [0, 0.1) is 11.8 Å². The molecule has 100 valence electrons. The summed E-state index contributed by atoms with van der Waals surface area (Å²) in [7, 11) is 4.56. The predicted molar refractivity (Wildman–Crippen MR) is 73.0 cm³/mol. The Morgan fingerprint density at radius 3 is 2.41 bits per heavy atom. The van der Waals surface area contributed by atoms with Crippen molar-refractivity contribution in [1.29, 1.82) is 0 Å². The third kappa shape index (κ3) is 3.43. The molecule has 2 atom stereocenters. The summed E-state index contributed by atoms with van der Waals surface area (Å²) in [6.07, 6.45) is 6.84. The molecule has 0 aromatic rings. The van der Waals surface area contributed by atoms with Crippen LogP contribution < -0.4 is 5.73 Å². The van der Waals surface area contributed by atoms with Gasteiger partial charge in [0.05, 0.1) is 0 Å². The van der Waals surface area contributed by atoms with Gasteiger partial charge in [-0.2, -0.15) is 0 Å². The summed E-state index contributed by atoms with van der Waals surface area (Å²) < 4.78 is 0. The molecule has 0 bridgehead atoms. The van der Waals surface area contributed by atoms with Gasteiger partial charge < -0.3 is 15.5 Å². The first kappa shape index (κ1) is 13.3. The van der Waals surface area contributed by atoms with E-state index in [1.54, 1.807) is 0 Å². The summed E-state index contributed by atoms with van der Waals surface area (Å²) in [6.45, 7) is 4.70. The quantitative estimate of drug-likeness (QED) is 0.804. The van der Waals surface area contributed by atoms with Crippen LogP contribution >= 0.6 is 0 Å². The molecule has 1 saturated heterocycles. The van der Waals surface area contributed by atoms with E-state index >= 15 is 0 Å². The van der Waals surface area contributed by atoms with E-state index in [1.807, 2.05) is 0 Å². The maximum absolute atomic E-state index is 5.87. The Hall–Kier alpha value is -0.120. The van der Waals surface area contributed by atoms with Crippen molar-refractivity contribution in [3.05, 3.63) is 0 Å². The van der Waals surface area contributed by atoms with Crippen molar-refractivity contribution in [2.45, 2.75) is 38.1 Å². The molecule has 3 nitrogen and oxygen atoms in total. The summed E-state index contributed by atoms with van der Waals surface area (Å²) in [5, 5.41) is 0. The van der Waals surface area contributed by atoms with Gasteiger partial charge >= 0.3 is 0 Å². The van der Waals surface area contributed by atoms with Crippen LogP contribution in [0.2, 0.25) is 0 Å². The minimum Gasteiger partial charge on any atom is -0.330 e. The largest absolute Gasteiger partial charge is 0.330 e. The van der Waals surface area contributed by atoms with Crippen molar-refractivity contribution in [3.8, 4) is 0 Å². The van der Waals surface area contributed by atoms with E-state index in [0.717, 1.165) is 24.4 Å². The topological polar surface area (TPSA) is 32.5 Å². The molecule has 2 unspecified atom stereocenters. The lowest BCUT2D eigenvalue weighted by Gasteiger charge is -2.37. The van der Waals surface area contributed by atoms with Crippen LogP contribution in [0.1, 0.15) is 32.1 Å². The second kappa shape index (κ2) is 6.17. The molecule has 0 aromatic carbocycles. The molecule has 2 aliphatic rings. The highest BCUT2D eigenvalue weighted by Crippen LogP contribution is 2.32. The van der Waals surface area contributed by atoms with E-state index in [1.165, 1.54) is 51.7 Å². The molecule has 0 aromatic heterocycles. The number of rotatable bonds is 4. The molecule has 0 amide bonds. The molecule has 1 saturated carbocycles. The summed E-state index contributed by atoms with van der Waals surface area (Å²) in [4.78, 5) is 5.06. The van der Waals surface area contributed by atoms with Crippen LogP contribution in [0.15, 0.2) is 0 Å². The van der Waals surface area contributed by atoms with Gasteiger partial charge in [-0.15, -0.1) is 0 Å². The third-order valence-corrected chi connectivity index (χ3v) is 4.95. The Kier molecular flexibility index (Phi) is 4.83. The van der Waals surface area contributed by atoms with Crippen LogP contribution in [0.25, 0.3) is 0 Å². The van der Waals surface area contributed by atoms with Gasteiger partial charge in [-0.05, 0) is 71.2 Å². The molecular weight excluding hydrogens is 210 g/mol. The molecular formula is C14H29N3. The lowest BCUT2D eigenvalue weighted by atomic mass is 9.94. The average molecular weight is 239 g/mol. The van der Waals surface area contributed by atoms with Crippen molar-refractivity contribution in [1.82, 2.24) is 9.80 Å². The summed E-state index contributed by atoms with van der Waals surface area (Å²) in [5.41, 5.74) is 5.87. The third-order valence-electron chi connectivity index (χ3n) is 4.95. The first-order valence-electron chi connectivity index (χ1n) is 7.29. The fourth-order valence-corrected chi connectivity index (χ4v) is 3.62. The highest BCUT2D eigenvalue weighted by molar-refractivity contribution is 4.83. The second-order valence-electron chi connectivity index (χ2n) is 6.16. The Morgan fingerprint density at radius 1 is 1.12 bits per heavy atom. The zero-order valence-corrected chi connectivity index (χ0v) is 11.6. The van der Waals surface area contributed by atoms with Gasteiger partial charge in [0.1, 0.15) is 0 Å². The second-order valence-corrected chi connectivity index (χ2v) is 6.16. The van der Waals surface area contributed by atoms with E-state index in [0.29, 0.717) is 0 Å². The van der Waals surface area contributed by atoms with Crippen molar-refractivity contribution < 1.29 is 0 Å². The monoisotopic (exact) mass is 239 g/mol. The number of piperidine rings is 1. The van der Waals surface area contributed by atoms with Crippen LogP contribution in [-0.2, 0) is 0 Å². The Balaban J connectivity index is 1.78. The summed E-state index contributed by atoms with van der Waals surface area (Å²) in [6, 6.07) is 0.810. The normalized spacial score (nSPS) is 32.5. The lowest BCUT2D eigenvalue weighted by Crippen LogP contribution is -2.44. The van der Waals surface area contributed by atoms with E-state index in [2.05, 4.69) is 23.9 Å². The van der Waals surface area contributed by atoms with E-state index in [4.69, 9.17) is 5.73 Å². The fourth-order valence-electron chi connectivity index (χ4n) is 3.62. The highest BCUT2D eigenvalue weighted by Gasteiger charge is 2.29. The van der Waals surface area contributed by atoms with Crippen molar-refractivity contribution in [2.24, 2.45) is 17.6 Å². The zero-order chi connectivity index (χ0) is 12.3. The van der Waals surface area contributed by atoms with Gasteiger partial charge in [0.15, 0.2) is 0 Å². The first-order chi connectivity index (χ1) is 8.20. The number of nitrogens with two attached hydrogens (primary N) is 1. The predicted octanol–water partition coefficient (Wildman–Crippen LogP) is 1.39. The SMILES string of the molecule is CN1CCC(N(C)CC2CCCC2CN)CC1. The molecule has 2 rings (SSSR count). The van der Waals surface area contributed by atoms with Crippen LogP contribution in [0.3, 0.4) is 0 Å². The van der Waals surface area contributed by atoms with Gasteiger partial charge in [0.2, 0.25) is 0 Å². The molecule has 1 heterocycles. The average Bonchev–Trinajstić information content (AvgIpc) is 2.77. The van der Waals surface area contributed by atoms with Gasteiger partial charge in [0.25, 0.3) is 0 Å². The number of nitrogens with zero attached hydrogens (tertiary/aromatic N) is 2. The van der Waals surface area contributed by atoms with Gasteiger partial charge in [0, 0.05) is 12.6 Å². The molecule has 3 heteroatoms. The van der Waals surface area contributed by atoms with E-state index in [9.17, 15) is 0 Å². The number of hydrogen-bond donors (Lipinski definition) is 1. The van der Waals surface area contributed by atoms with Crippen molar-refractivity contribution in [2.75, 3.05) is 40.3 Å². The molecule has 2 fully saturated rings. The van der Waals surface area contributed by atoms with Crippen LogP contribution in [-0.4, -0.2) is 56.1 Å². The molecule has 1 aliphatic carbocycles. The Morgan fingerprint density at radius 2 is 1.76 bits per heavy atom. The first-order valence-corrected chi connectivity index (χ1v) is 7.29. The Labute approximate surface area is 106 Å². The molecule has 0 spiro atoms. The maximum atomic E-state index is 5.87. The fraction of sp³-hybridized carbons (Fsp3) is 1.00. The summed E-state index contributed by atoms with van der Waals surface area (Å²) >= 11 is 0. The zero-order valence-electron chi connectivity index (χ0n) is 11.6. The smallest absolute Gasteiger partial charge is 0.0117 e.